The van der Waals surface area contributed by atoms with Gasteiger partial charge in [0.1, 0.15) is 0 Å². The van der Waals surface area contributed by atoms with E-state index in [-0.39, 0.29) is 6.04 Å². The van der Waals surface area contributed by atoms with Gasteiger partial charge in [-0.05, 0) is 25.5 Å². The fourth-order valence-corrected chi connectivity index (χ4v) is 1.86. The van der Waals surface area contributed by atoms with Gasteiger partial charge in [0.15, 0.2) is 0 Å². The van der Waals surface area contributed by atoms with Crippen LogP contribution in [0.4, 0.5) is 0 Å². The van der Waals surface area contributed by atoms with Gasteiger partial charge in [-0.1, -0.05) is 29.8 Å². The third kappa shape index (κ3) is 5.04. The van der Waals surface area contributed by atoms with Crippen molar-refractivity contribution >= 4 is 11.6 Å². The van der Waals surface area contributed by atoms with E-state index in [1.54, 1.807) is 0 Å². The first kappa shape index (κ1) is 14.5. The van der Waals surface area contributed by atoms with Crippen LogP contribution in [0.3, 0.4) is 0 Å². The lowest BCUT2D eigenvalue weighted by Gasteiger charge is -2.18. The van der Waals surface area contributed by atoms with E-state index in [1.165, 1.54) is 0 Å². The van der Waals surface area contributed by atoms with Gasteiger partial charge in [-0.2, -0.15) is 0 Å². The number of nitrogens with one attached hydrogen (secondary N) is 1. The second kappa shape index (κ2) is 7.67. The minimum Gasteiger partial charge on any atom is -0.389 e. The molecule has 3 nitrogen and oxygen atoms in total. The maximum atomic E-state index is 9.62. The number of aliphatic hydroxyl groups excluding tert-OH is 1. The van der Waals surface area contributed by atoms with Gasteiger partial charge < -0.3 is 15.2 Å². The fourth-order valence-electron chi connectivity index (χ4n) is 1.56. The highest BCUT2D eigenvalue weighted by Gasteiger charge is 2.10. The van der Waals surface area contributed by atoms with E-state index in [9.17, 15) is 5.11 Å². The molecule has 1 unspecified atom stereocenters. The monoisotopic (exact) mass is 257 g/mol. The Bertz CT molecular complexity index is 333. The maximum absolute atomic E-state index is 9.62. The van der Waals surface area contributed by atoms with Crippen molar-refractivity contribution in [2.75, 3.05) is 19.8 Å². The maximum Gasteiger partial charge on any atom is 0.0897 e. The van der Waals surface area contributed by atoms with E-state index in [0.717, 1.165) is 10.6 Å². The smallest absolute Gasteiger partial charge is 0.0897 e. The predicted molar refractivity (Wildman–Crippen MR) is 70.4 cm³/mol. The molecule has 0 spiro atoms. The van der Waals surface area contributed by atoms with Crippen LogP contribution in [0.25, 0.3) is 0 Å². The summed E-state index contributed by atoms with van der Waals surface area (Å²) in [5, 5.41) is 13.6. The lowest BCUT2D eigenvalue weighted by Crippen LogP contribution is -2.32. The van der Waals surface area contributed by atoms with E-state index in [1.807, 2.05) is 38.1 Å². The van der Waals surface area contributed by atoms with Gasteiger partial charge in [0.05, 0.1) is 12.7 Å². The Morgan fingerprint density at radius 3 is 2.76 bits per heavy atom. The summed E-state index contributed by atoms with van der Waals surface area (Å²) < 4.78 is 5.14. The number of hydrogen-bond donors (Lipinski definition) is 2. The Morgan fingerprint density at radius 2 is 2.12 bits per heavy atom. The number of rotatable bonds is 7. The van der Waals surface area contributed by atoms with Crippen LogP contribution in [0.1, 0.15) is 25.5 Å². The molecule has 0 bridgehead atoms. The van der Waals surface area contributed by atoms with Gasteiger partial charge in [-0.3, -0.25) is 0 Å². The number of halogens is 1. The van der Waals surface area contributed by atoms with Crippen LogP contribution in [-0.4, -0.2) is 31.0 Å². The van der Waals surface area contributed by atoms with Crippen LogP contribution in [0.2, 0.25) is 5.02 Å². The summed E-state index contributed by atoms with van der Waals surface area (Å²) in [6, 6.07) is 7.82. The van der Waals surface area contributed by atoms with Crippen molar-refractivity contribution < 1.29 is 9.84 Å². The second-order valence-electron chi connectivity index (χ2n) is 3.96. The molecular weight excluding hydrogens is 238 g/mol. The molecule has 0 amide bonds. The molecule has 0 aliphatic carbocycles. The van der Waals surface area contributed by atoms with Crippen LogP contribution in [-0.2, 0) is 4.74 Å². The average Bonchev–Trinajstić information content (AvgIpc) is 2.34. The second-order valence-corrected chi connectivity index (χ2v) is 4.37. The van der Waals surface area contributed by atoms with E-state index in [4.69, 9.17) is 16.3 Å². The lowest BCUT2D eigenvalue weighted by molar-refractivity contribution is 0.0416. The minimum atomic E-state index is -0.486. The topological polar surface area (TPSA) is 41.5 Å². The third-order valence-corrected chi connectivity index (χ3v) is 2.89. The summed E-state index contributed by atoms with van der Waals surface area (Å²) in [6.07, 6.45) is -0.486. The van der Waals surface area contributed by atoms with Crippen molar-refractivity contribution in [1.29, 1.82) is 0 Å². The van der Waals surface area contributed by atoms with E-state index in [2.05, 4.69) is 5.32 Å². The minimum absolute atomic E-state index is 0.111. The van der Waals surface area contributed by atoms with Crippen molar-refractivity contribution in [3.63, 3.8) is 0 Å². The SMILES string of the molecule is CCOCC(O)CN[C@H](C)c1ccccc1Cl. The normalized spacial score (nSPS) is 14.6. The third-order valence-electron chi connectivity index (χ3n) is 2.55. The van der Waals surface area contributed by atoms with Crippen LogP contribution < -0.4 is 5.32 Å². The Hall–Kier alpha value is -0.610. The Kier molecular flexibility index (Phi) is 6.52. The Morgan fingerprint density at radius 1 is 1.41 bits per heavy atom. The van der Waals surface area contributed by atoms with Gasteiger partial charge in [-0.15, -0.1) is 0 Å². The summed E-state index contributed by atoms with van der Waals surface area (Å²) in [7, 11) is 0. The highest BCUT2D eigenvalue weighted by molar-refractivity contribution is 6.31. The summed E-state index contributed by atoms with van der Waals surface area (Å²) in [5.74, 6) is 0. The number of benzene rings is 1. The van der Waals surface area contributed by atoms with Crippen molar-refractivity contribution in [3.8, 4) is 0 Å². The molecule has 0 saturated heterocycles. The summed E-state index contributed by atoms with van der Waals surface area (Å²) in [4.78, 5) is 0. The molecule has 1 rings (SSSR count). The molecule has 2 atom stereocenters. The highest BCUT2D eigenvalue weighted by Crippen LogP contribution is 2.21. The molecule has 2 N–H and O–H groups in total. The number of hydrogen-bond acceptors (Lipinski definition) is 3. The van der Waals surface area contributed by atoms with E-state index in [0.29, 0.717) is 19.8 Å². The molecule has 96 valence electrons. The molecule has 0 aromatic heterocycles. The average molecular weight is 258 g/mol. The molecular formula is C13H20ClNO2. The molecule has 17 heavy (non-hydrogen) atoms. The highest BCUT2D eigenvalue weighted by atomic mass is 35.5. The number of aliphatic hydroxyl groups is 1. The molecule has 0 aliphatic rings. The zero-order chi connectivity index (χ0) is 12.7. The fraction of sp³-hybridized carbons (Fsp3) is 0.538. The summed E-state index contributed by atoms with van der Waals surface area (Å²) >= 11 is 6.09. The van der Waals surface area contributed by atoms with Gasteiger partial charge in [0.2, 0.25) is 0 Å². The van der Waals surface area contributed by atoms with Crippen molar-refractivity contribution in [2.45, 2.75) is 26.0 Å². The zero-order valence-corrected chi connectivity index (χ0v) is 11.1. The standard InChI is InChI=1S/C13H20ClNO2/c1-3-17-9-11(16)8-15-10(2)12-6-4-5-7-13(12)14/h4-7,10-11,15-16H,3,8-9H2,1-2H3/t10-,11?/m1/s1. The Labute approximate surface area is 108 Å². The number of ether oxygens (including phenoxy) is 1. The van der Waals surface area contributed by atoms with Gasteiger partial charge in [0.25, 0.3) is 0 Å². The molecule has 0 aliphatic heterocycles. The first-order valence-corrected chi connectivity index (χ1v) is 6.26. The molecule has 0 fully saturated rings. The molecule has 0 saturated carbocycles. The van der Waals surface area contributed by atoms with Gasteiger partial charge >= 0.3 is 0 Å². The molecule has 0 radical (unpaired) electrons. The first-order valence-electron chi connectivity index (χ1n) is 5.88. The van der Waals surface area contributed by atoms with Gasteiger partial charge in [-0.25, -0.2) is 0 Å². The van der Waals surface area contributed by atoms with Crippen LogP contribution in [0.5, 0.6) is 0 Å². The molecule has 0 heterocycles. The molecule has 4 heteroatoms. The zero-order valence-electron chi connectivity index (χ0n) is 10.3. The predicted octanol–water partition coefficient (Wildman–Crippen LogP) is 2.39. The van der Waals surface area contributed by atoms with Crippen molar-refractivity contribution in [3.05, 3.63) is 34.9 Å². The van der Waals surface area contributed by atoms with E-state index < -0.39 is 6.10 Å². The van der Waals surface area contributed by atoms with E-state index >= 15 is 0 Å². The largest absolute Gasteiger partial charge is 0.389 e. The van der Waals surface area contributed by atoms with Crippen LogP contribution >= 0.6 is 11.6 Å². The lowest BCUT2D eigenvalue weighted by atomic mass is 10.1. The Balaban J connectivity index is 2.39. The van der Waals surface area contributed by atoms with Gasteiger partial charge in [0, 0.05) is 24.2 Å². The summed E-state index contributed by atoms with van der Waals surface area (Å²) in [6.45, 7) is 5.41. The first-order chi connectivity index (χ1) is 8.15. The molecule has 1 aromatic carbocycles. The van der Waals surface area contributed by atoms with Crippen molar-refractivity contribution in [2.24, 2.45) is 0 Å². The summed E-state index contributed by atoms with van der Waals surface area (Å²) in [5.41, 5.74) is 1.04. The molecule has 1 aromatic rings. The quantitative estimate of drug-likeness (QED) is 0.788. The van der Waals surface area contributed by atoms with Crippen LogP contribution in [0, 0.1) is 0 Å². The van der Waals surface area contributed by atoms with Crippen LogP contribution in [0.15, 0.2) is 24.3 Å². The van der Waals surface area contributed by atoms with Crippen molar-refractivity contribution in [1.82, 2.24) is 5.32 Å².